The summed E-state index contributed by atoms with van der Waals surface area (Å²) < 4.78 is 0. The minimum absolute atomic E-state index is 0.257. The van der Waals surface area contributed by atoms with Gasteiger partial charge in [0, 0.05) is 28.5 Å². The Morgan fingerprint density at radius 2 is 1.78 bits per heavy atom. The molecule has 2 aromatic rings. The SMILES string of the molecule is O=C(O)C12C=CC(=N1)C=c1ccc([nH]1)=CC1=NC(=Cc3ccc([nH]3)C2)C=C1. The maximum atomic E-state index is 12.0. The molecular formula is C21H16N4O2. The first kappa shape index (κ1) is 15.6. The van der Waals surface area contributed by atoms with Crippen molar-refractivity contribution in [2.45, 2.75) is 12.0 Å². The smallest absolute Gasteiger partial charge is 0.336 e. The fourth-order valence-electron chi connectivity index (χ4n) is 3.47. The van der Waals surface area contributed by atoms with Crippen LogP contribution in [0, 0.1) is 0 Å². The van der Waals surface area contributed by atoms with Crippen molar-refractivity contribution in [3.63, 3.8) is 0 Å². The summed E-state index contributed by atoms with van der Waals surface area (Å²) in [5, 5.41) is 11.6. The number of aromatic nitrogens is 2. The molecule has 1 atom stereocenters. The zero-order valence-electron chi connectivity index (χ0n) is 14.3. The summed E-state index contributed by atoms with van der Waals surface area (Å²) in [5.41, 5.74) is 2.74. The second kappa shape index (κ2) is 5.67. The van der Waals surface area contributed by atoms with Gasteiger partial charge in [-0.25, -0.2) is 9.79 Å². The number of fused-ring (bicyclic) bond motifs is 6. The van der Waals surface area contributed by atoms with Crippen molar-refractivity contribution in [3.05, 3.63) is 76.4 Å². The zero-order valence-corrected chi connectivity index (χ0v) is 14.3. The van der Waals surface area contributed by atoms with Crippen molar-refractivity contribution in [2.75, 3.05) is 0 Å². The minimum atomic E-state index is -1.29. The van der Waals surface area contributed by atoms with Gasteiger partial charge in [-0.05, 0) is 66.8 Å². The lowest BCUT2D eigenvalue weighted by atomic mass is 9.95. The van der Waals surface area contributed by atoms with Crippen LogP contribution in [0.4, 0.5) is 0 Å². The summed E-state index contributed by atoms with van der Waals surface area (Å²) in [7, 11) is 0. The summed E-state index contributed by atoms with van der Waals surface area (Å²) in [6.45, 7) is 0. The molecule has 132 valence electrons. The third kappa shape index (κ3) is 2.81. The van der Waals surface area contributed by atoms with Crippen LogP contribution in [0.2, 0.25) is 0 Å². The van der Waals surface area contributed by atoms with Gasteiger partial charge in [-0.1, -0.05) is 0 Å². The number of carboxylic acid groups (broad SMARTS) is 1. The van der Waals surface area contributed by atoms with Gasteiger partial charge < -0.3 is 15.1 Å². The molecule has 0 radical (unpaired) electrons. The standard InChI is InChI=1S/C21H16N4O2/c26-20(27)21-8-7-18(25-21)11-17-4-3-14(23-17)9-13-1-2-15(22-13)10-16-5-6-19(12-21)24-16/h1-11,23-24H,12H2,(H,26,27). The van der Waals surface area contributed by atoms with Crippen LogP contribution in [0.15, 0.2) is 64.3 Å². The van der Waals surface area contributed by atoms with Crippen molar-refractivity contribution in [1.82, 2.24) is 9.97 Å². The Balaban J connectivity index is 1.71. The number of aromatic amines is 2. The molecule has 8 bridgehead atoms. The highest BCUT2D eigenvalue weighted by atomic mass is 16.4. The molecule has 6 heteroatoms. The highest BCUT2D eigenvalue weighted by molar-refractivity contribution is 6.20. The Morgan fingerprint density at radius 1 is 0.963 bits per heavy atom. The number of allylic oxidation sites excluding steroid dienone is 3. The maximum absolute atomic E-state index is 12.0. The Morgan fingerprint density at radius 3 is 2.59 bits per heavy atom. The normalized spacial score (nSPS) is 22.6. The molecule has 5 rings (SSSR count). The average Bonchev–Trinajstić information content (AvgIpc) is 3.39. The van der Waals surface area contributed by atoms with Crippen LogP contribution in [0.3, 0.4) is 0 Å². The summed E-state index contributed by atoms with van der Waals surface area (Å²) in [6, 6.07) is 7.72. The van der Waals surface area contributed by atoms with Crippen molar-refractivity contribution in [2.24, 2.45) is 9.98 Å². The number of aliphatic imine (C=N–C) groups is 2. The molecule has 0 fully saturated rings. The number of carboxylic acids is 1. The van der Waals surface area contributed by atoms with Gasteiger partial charge in [0.1, 0.15) is 0 Å². The molecule has 27 heavy (non-hydrogen) atoms. The van der Waals surface area contributed by atoms with Crippen LogP contribution in [-0.4, -0.2) is 38.0 Å². The predicted octanol–water partition coefficient (Wildman–Crippen LogP) is 1.35. The lowest BCUT2D eigenvalue weighted by molar-refractivity contribution is -0.141. The molecule has 1 unspecified atom stereocenters. The van der Waals surface area contributed by atoms with Crippen molar-refractivity contribution >= 4 is 35.6 Å². The zero-order chi connectivity index (χ0) is 18.4. The molecule has 5 heterocycles. The van der Waals surface area contributed by atoms with E-state index in [1.807, 2.05) is 54.6 Å². The van der Waals surface area contributed by atoms with Gasteiger partial charge in [-0.15, -0.1) is 0 Å². The number of nitrogens with one attached hydrogen (secondary N) is 2. The van der Waals surface area contributed by atoms with Crippen molar-refractivity contribution in [3.8, 4) is 0 Å². The molecule has 3 N–H and O–H groups in total. The van der Waals surface area contributed by atoms with E-state index in [0.29, 0.717) is 5.71 Å². The van der Waals surface area contributed by atoms with Gasteiger partial charge >= 0.3 is 5.97 Å². The average molecular weight is 356 g/mol. The number of carbonyl (C=O) groups is 1. The Kier molecular flexibility index (Phi) is 3.27. The molecule has 0 aromatic carbocycles. The van der Waals surface area contributed by atoms with Crippen molar-refractivity contribution in [1.29, 1.82) is 0 Å². The van der Waals surface area contributed by atoms with E-state index in [0.717, 1.165) is 33.5 Å². The molecule has 3 aliphatic rings. The maximum Gasteiger partial charge on any atom is 0.336 e. The number of nitrogens with zero attached hydrogens (tertiary/aromatic N) is 2. The van der Waals surface area contributed by atoms with Crippen LogP contribution in [-0.2, 0) is 11.2 Å². The van der Waals surface area contributed by atoms with E-state index in [9.17, 15) is 9.90 Å². The Hall–Kier alpha value is -3.67. The van der Waals surface area contributed by atoms with Crippen LogP contribution >= 0.6 is 0 Å². The Labute approximate surface area is 154 Å². The number of hydrogen-bond acceptors (Lipinski definition) is 3. The fraction of sp³-hybridized carbons (Fsp3) is 0.0952. The number of hydrogen-bond donors (Lipinski definition) is 3. The molecule has 3 aliphatic heterocycles. The topological polar surface area (TPSA) is 93.6 Å². The van der Waals surface area contributed by atoms with E-state index < -0.39 is 11.5 Å². The van der Waals surface area contributed by atoms with E-state index in [-0.39, 0.29) is 6.42 Å². The molecule has 0 aliphatic carbocycles. The number of rotatable bonds is 1. The second-order valence-corrected chi connectivity index (χ2v) is 6.81. The molecule has 0 amide bonds. The number of H-pyrrole nitrogens is 2. The monoisotopic (exact) mass is 356 g/mol. The lowest BCUT2D eigenvalue weighted by Gasteiger charge is -2.18. The van der Waals surface area contributed by atoms with Gasteiger partial charge in [-0.2, -0.15) is 0 Å². The first-order valence-corrected chi connectivity index (χ1v) is 8.65. The quantitative estimate of drug-likeness (QED) is 0.719. The third-order valence-corrected chi connectivity index (χ3v) is 4.78. The van der Waals surface area contributed by atoms with Crippen LogP contribution in [0.1, 0.15) is 11.4 Å². The second-order valence-electron chi connectivity index (χ2n) is 6.81. The Bertz CT molecular complexity index is 1230. The summed E-state index contributed by atoms with van der Waals surface area (Å²) >= 11 is 0. The predicted molar refractivity (Wildman–Crippen MR) is 105 cm³/mol. The molecule has 2 aromatic heterocycles. The first-order chi connectivity index (χ1) is 13.1. The molecule has 6 nitrogen and oxygen atoms in total. The van der Waals surface area contributed by atoms with Gasteiger partial charge in [0.15, 0.2) is 5.54 Å². The fourth-order valence-corrected chi connectivity index (χ4v) is 3.47. The summed E-state index contributed by atoms with van der Waals surface area (Å²) in [5.74, 6) is -0.966. The molecule has 0 saturated carbocycles. The van der Waals surface area contributed by atoms with Gasteiger partial charge in [0.25, 0.3) is 0 Å². The summed E-state index contributed by atoms with van der Waals surface area (Å²) in [6.07, 6.45) is 13.3. The van der Waals surface area contributed by atoms with Crippen LogP contribution < -0.4 is 10.7 Å². The van der Waals surface area contributed by atoms with E-state index in [4.69, 9.17) is 0 Å². The first-order valence-electron chi connectivity index (χ1n) is 8.65. The molecule has 0 saturated heterocycles. The molecule has 0 spiro atoms. The summed E-state index contributed by atoms with van der Waals surface area (Å²) in [4.78, 5) is 27.6. The van der Waals surface area contributed by atoms with Gasteiger partial charge in [-0.3, -0.25) is 4.99 Å². The van der Waals surface area contributed by atoms with E-state index in [1.54, 1.807) is 12.2 Å². The number of aliphatic carboxylic acids is 1. The van der Waals surface area contributed by atoms with Crippen LogP contribution in [0.25, 0.3) is 18.2 Å². The van der Waals surface area contributed by atoms with Crippen molar-refractivity contribution < 1.29 is 9.90 Å². The van der Waals surface area contributed by atoms with Crippen LogP contribution in [0.5, 0.6) is 0 Å². The highest BCUT2D eigenvalue weighted by Gasteiger charge is 2.39. The van der Waals surface area contributed by atoms with Gasteiger partial charge in [0.2, 0.25) is 0 Å². The van der Waals surface area contributed by atoms with E-state index in [2.05, 4.69) is 20.0 Å². The van der Waals surface area contributed by atoms with E-state index >= 15 is 0 Å². The lowest BCUT2D eigenvalue weighted by Crippen LogP contribution is -2.36. The minimum Gasteiger partial charge on any atom is -0.479 e. The third-order valence-electron chi connectivity index (χ3n) is 4.78. The largest absolute Gasteiger partial charge is 0.479 e. The van der Waals surface area contributed by atoms with E-state index in [1.165, 1.54) is 0 Å². The highest BCUT2D eigenvalue weighted by Crippen LogP contribution is 2.26. The van der Waals surface area contributed by atoms with Gasteiger partial charge in [0.05, 0.1) is 17.1 Å². The molecular weight excluding hydrogens is 340 g/mol.